The molecule has 6 heteroatoms. The summed E-state index contributed by atoms with van der Waals surface area (Å²) in [6.07, 6.45) is 1.89. The van der Waals surface area contributed by atoms with Gasteiger partial charge in [-0.2, -0.15) is 0 Å². The predicted molar refractivity (Wildman–Crippen MR) is 109 cm³/mol. The molecule has 2 aliphatic heterocycles. The Hall–Kier alpha value is -2.50. The number of hydrogen-bond acceptors (Lipinski definition) is 4. The van der Waals surface area contributed by atoms with E-state index in [1.807, 2.05) is 36.4 Å². The Bertz CT molecular complexity index is 1020. The number of ether oxygens (including phenoxy) is 2. The number of methoxy groups -OCH3 is 1. The van der Waals surface area contributed by atoms with E-state index >= 15 is 0 Å². The molecule has 2 aromatic carbocycles. The zero-order chi connectivity index (χ0) is 19.1. The van der Waals surface area contributed by atoms with Gasteiger partial charge in [-0.15, -0.1) is 0 Å². The van der Waals surface area contributed by atoms with Gasteiger partial charge in [-0.25, -0.2) is 4.98 Å². The summed E-state index contributed by atoms with van der Waals surface area (Å²) in [6.45, 7) is 2.54. The van der Waals surface area contributed by atoms with Gasteiger partial charge in [-0.3, -0.25) is 4.90 Å². The zero-order valence-corrected chi connectivity index (χ0v) is 16.5. The molecule has 1 atom stereocenters. The third kappa shape index (κ3) is 3.15. The number of fused-ring (bicyclic) bond motifs is 2. The van der Waals surface area contributed by atoms with Gasteiger partial charge in [0.2, 0.25) is 0 Å². The van der Waals surface area contributed by atoms with Crippen molar-refractivity contribution < 1.29 is 9.47 Å². The summed E-state index contributed by atoms with van der Waals surface area (Å²) in [5.41, 5.74) is 4.48. The Kier molecular flexibility index (Phi) is 4.49. The fourth-order valence-corrected chi connectivity index (χ4v) is 4.35. The molecule has 0 spiro atoms. The van der Waals surface area contributed by atoms with Crippen LogP contribution in [-0.2, 0) is 19.4 Å². The van der Waals surface area contributed by atoms with E-state index in [0.717, 1.165) is 59.5 Å². The van der Waals surface area contributed by atoms with E-state index in [-0.39, 0.29) is 0 Å². The minimum absolute atomic E-state index is 0.347. The van der Waals surface area contributed by atoms with E-state index in [4.69, 9.17) is 26.1 Å². The molecule has 5 nitrogen and oxygen atoms in total. The van der Waals surface area contributed by atoms with Gasteiger partial charge < -0.3 is 14.5 Å². The highest BCUT2D eigenvalue weighted by molar-refractivity contribution is 6.33. The monoisotopic (exact) mass is 395 g/mol. The van der Waals surface area contributed by atoms with Crippen LogP contribution >= 0.6 is 11.6 Å². The van der Waals surface area contributed by atoms with Crippen molar-refractivity contribution in [3.8, 4) is 22.9 Å². The van der Waals surface area contributed by atoms with E-state index in [9.17, 15) is 0 Å². The van der Waals surface area contributed by atoms with Gasteiger partial charge in [0.25, 0.3) is 0 Å². The lowest BCUT2D eigenvalue weighted by Crippen LogP contribution is -2.45. The highest BCUT2D eigenvalue weighted by Gasteiger charge is 2.30. The summed E-state index contributed by atoms with van der Waals surface area (Å²) in [4.78, 5) is 10.8. The molecule has 1 N–H and O–H groups in total. The molecule has 144 valence electrons. The third-order valence-corrected chi connectivity index (χ3v) is 5.99. The highest BCUT2D eigenvalue weighted by atomic mass is 35.5. The van der Waals surface area contributed by atoms with E-state index in [1.54, 1.807) is 7.11 Å². The Morgan fingerprint density at radius 3 is 3.00 bits per heavy atom. The number of halogens is 1. The Morgan fingerprint density at radius 2 is 2.14 bits per heavy atom. The maximum Gasteiger partial charge on any atom is 0.139 e. The molecule has 0 saturated carbocycles. The van der Waals surface area contributed by atoms with Gasteiger partial charge in [-0.1, -0.05) is 23.7 Å². The average molecular weight is 396 g/mol. The molecular formula is C22H22ClN3O2. The quantitative estimate of drug-likeness (QED) is 0.725. The average Bonchev–Trinajstić information content (AvgIpc) is 3.16. The molecule has 1 unspecified atom stereocenters. The van der Waals surface area contributed by atoms with Crippen molar-refractivity contribution in [3.05, 3.63) is 64.4 Å². The fourth-order valence-electron chi connectivity index (χ4n) is 4.12. The van der Waals surface area contributed by atoms with Crippen molar-refractivity contribution in [2.24, 2.45) is 0 Å². The second-order valence-corrected chi connectivity index (χ2v) is 7.76. The Morgan fingerprint density at radius 1 is 1.25 bits per heavy atom. The predicted octanol–water partition coefficient (Wildman–Crippen LogP) is 4.10. The number of hydrogen-bond donors (Lipinski definition) is 1. The molecular weight excluding hydrogens is 374 g/mol. The number of nitrogens with zero attached hydrogens (tertiary/aromatic N) is 2. The van der Waals surface area contributed by atoms with Gasteiger partial charge in [-0.05, 0) is 42.3 Å². The molecule has 28 heavy (non-hydrogen) atoms. The van der Waals surface area contributed by atoms with Crippen molar-refractivity contribution in [2.45, 2.75) is 25.4 Å². The molecule has 0 amide bonds. The van der Waals surface area contributed by atoms with E-state index in [2.05, 4.69) is 16.0 Å². The molecule has 0 fully saturated rings. The van der Waals surface area contributed by atoms with Gasteiger partial charge in [0.15, 0.2) is 0 Å². The summed E-state index contributed by atoms with van der Waals surface area (Å²) in [7, 11) is 1.70. The van der Waals surface area contributed by atoms with Crippen molar-refractivity contribution in [1.29, 1.82) is 0 Å². The number of imidazole rings is 1. The second kappa shape index (κ2) is 7.15. The van der Waals surface area contributed by atoms with Crippen molar-refractivity contribution >= 4 is 11.6 Å². The number of aromatic amines is 1. The van der Waals surface area contributed by atoms with Crippen molar-refractivity contribution in [3.63, 3.8) is 0 Å². The molecule has 5 rings (SSSR count). The molecule has 2 aliphatic rings. The SMILES string of the molecule is COc1ccc2c(c1)CC(N1CCc3nc(-c4ccccc4Cl)[nH]c3C1)CO2. The summed E-state index contributed by atoms with van der Waals surface area (Å²) in [5.74, 6) is 2.70. The summed E-state index contributed by atoms with van der Waals surface area (Å²) < 4.78 is 11.4. The van der Waals surface area contributed by atoms with Crippen LogP contribution in [0.25, 0.3) is 11.4 Å². The minimum Gasteiger partial charge on any atom is -0.497 e. The standard InChI is InChI=1S/C22H22ClN3O2/c1-27-16-6-7-21-14(11-16)10-15(13-28-21)26-9-8-19-20(12-26)25-22(24-19)17-4-2-3-5-18(17)23/h2-7,11,15H,8-10,12-13H2,1H3,(H,24,25). The molecule has 0 saturated heterocycles. The van der Waals surface area contributed by atoms with Crippen LogP contribution in [0.1, 0.15) is 17.0 Å². The third-order valence-electron chi connectivity index (χ3n) is 5.66. The number of aromatic nitrogens is 2. The number of rotatable bonds is 3. The Labute approximate surface area is 169 Å². The normalized spacial score (nSPS) is 18.9. The molecule has 0 bridgehead atoms. The van der Waals surface area contributed by atoms with Gasteiger partial charge in [0.05, 0.1) is 23.5 Å². The van der Waals surface area contributed by atoms with Gasteiger partial charge in [0, 0.05) is 31.1 Å². The van der Waals surface area contributed by atoms with Gasteiger partial charge in [0.1, 0.15) is 23.9 Å². The van der Waals surface area contributed by atoms with Crippen LogP contribution in [0.2, 0.25) is 5.02 Å². The summed E-state index contributed by atoms with van der Waals surface area (Å²) >= 11 is 6.35. The number of H-pyrrole nitrogens is 1. The van der Waals surface area contributed by atoms with Crippen molar-refractivity contribution in [2.75, 3.05) is 20.3 Å². The molecule has 3 heterocycles. The second-order valence-electron chi connectivity index (χ2n) is 7.35. The summed E-state index contributed by atoms with van der Waals surface area (Å²) in [5, 5.41) is 0.719. The fraction of sp³-hybridized carbons (Fsp3) is 0.318. The summed E-state index contributed by atoms with van der Waals surface area (Å²) in [6, 6.07) is 14.2. The lowest BCUT2D eigenvalue weighted by atomic mass is 9.99. The number of nitrogens with one attached hydrogen (secondary N) is 1. The van der Waals surface area contributed by atoms with Crippen molar-refractivity contribution in [1.82, 2.24) is 14.9 Å². The smallest absolute Gasteiger partial charge is 0.139 e. The molecule has 0 radical (unpaired) electrons. The first-order valence-electron chi connectivity index (χ1n) is 9.57. The number of benzene rings is 2. The van der Waals surface area contributed by atoms with E-state index in [1.165, 1.54) is 11.3 Å². The van der Waals surface area contributed by atoms with Crippen LogP contribution < -0.4 is 9.47 Å². The van der Waals surface area contributed by atoms with E-state index in [0.29, 0.717) is 12.6 Å². The van der Waals surface area contributed by atoms with Crippen LogP contribution in [0.5, 0.6) is 11.5 Å². The van der Waals surface area contributed by atoms with Crippen LogP contribution in [0.3, 0.4) is 0 Å². The maximum atomic E-state index is 6.35. The maximum absolute atomic E-state index is 6.35. The minimum atomic E-state index is 0.347. The first-order valence-corrected chi connectivity index (χ1v) is 9.95. The van der Waals surface area contributed by atoms with Crippen LogP contribution in [0.15, 0.2) is 42.5 Å². The molecule has 3 aromatic rings. The lowest BCUT2D eigenvalue weighted by molar-refractivity contribution is 0.106. The first kappa shape index (κ1) is 17.6. The highest BCUT2D eigenvalue weighted by Crippen LogP contribution is 2.32. The topological polar surface area (TPSA) is 50.4 Å². The van der Waals surface area contributed by atoms with Crippen LogP contribution in [0.4, 0.5) is 0 Å². The molecule has 1 aromatic heterocycles. The first-order chi connectivity index (χ1) is 13.7. The van der Waals surface area contributed by atoms with Gasteiger partial charge >= 0.3 is 0 Å². The largest absolute Gasteiger partial charge is 0.497 e. The Balaban J connectivity index is 1.36. The van der Waals surface area contributed by atoms with Crippen LogP contribution in [-0.4, -0.2) is 41.2 Å². The van der Waals surface area contributed by atoms with E-state index < -0.39 is 0 Å². The lowest BCUT2D eigenvalue weighted by Gasteiger charge is -2.36. The zero-order valence-electron chi connectivity index (χ0n) is 15.7. The molecule has 0 aliphatic carbocycles. The van der Waals surface area contributed by atoms with Crippen LogP contribution in [0, 0.1) is 0 Å².